The summed E-state index contributed by atoms with van der Waals surface area (Å²) < 4.78 is 6.46. The number of benzene rings is 3. The molecule has 0 bridgehead atoms. The van der Waals surface area contributed by atoms with Gasteiger partial charge in [-0.15, -0.1) is 0 Å². The number of aromatic nitrogens is 1. The number of carbonyl (C=O) groups is 1. The van der Waals surface area contributed by atoms with Crippen molar-refractivity contribution in [3.63, 3.8) is 0 Å². The number of thiazole rings is 1. The van der Waals surface area contributed by atoms with Gasteiger partial charge in [-0.2, -0.15) is 0 Å². The highest BCUT2D eigenvalue weighted by atomic mass is 32.1. The third-order valence-electron chi connectivity index (χ3n) is 5.40. The molecule has 4 rings (SSSR count). The van der Waals surface area contributed by atoms with E-state index in [4.69, 9.17) is 9.72 Å². The Balaban J connectivity index is 1.69. The van der Waals surface area contributed by atoms with Gasteiger partial charge in [0.25, 0.3) is 0 Å². The molecule has 0 unspecified atom stereocenters. The molecule has 1 heterocycles. The fourth-order valence-corrected chi connectivity index (χ4v) is 4.77. The second kappa shape index (κ2) is 9.31. The van der Waals surface area contributed by atoms with Crippen molar-refractivity contribution in [1.82, 2.24) is 4.98 Å². The Kier molecular flexibility index (Phi) is 6.33. The lowest BCUT2D eigenvalue weighted by molar-refractivity contribution is -0.118. The van der Waals surface area contributed by atoms with Crippen LogP contribution in [0.3, 0.4) is 0 Å². The minimum absolute atomic E-state index is 0.0329. The summed E-state index contributed by atoms with van der Waals surface area (Å²) in [5.41, 5.74) is 5.28. The van der Waals surface area contributed by atoms with Crippen molar-refractivity contribution in [2.75, 3.05) is 12.0 Å². The predicted molar refractivity (Wildman–Crippen MR) is 128 cm³/mol. The van der Waals surface area contributed by atoms with Crippen molar-refractivity contribution in [2.24, 2.45) is 0 Å². The van der Waals surface area contributed by atoms with Gasteiger partial charge in [0, 0.05) is 0 Å². The summed E-state index contributed by atoms with van der Waals surface area (Å²) in [6, 6.07) is 22.2. The van der Waals surface area contributed by atoms with E-state index >= 15 is 0 Å². The lowest BCUT2D eigenvalue weighted by Gasteiger charge is -2.20. The van der Waals surface area contributed by atoms with Gasteiger partial charge in [0.05, 0.1) is 30.3 Å². The second-order valence-corrected chi connectivity index (χ2v) is 8.57. The number of ether oxygens (including phenoxy) is 1. The number of methoxy groups -OCH3 is 1. The second-order valence-electron chi connectivity index (χ2n) is 7.56. The fraction of sp³-hybridized carbons (Fsp3) is 0.231. The van der Waals surface area contributed by atoms with Gasteiger partial charge in [-0.1, -0.05) is 72.9 Å². The van der Waals surface area contributed by atoms with Crippen molar-refractivity contribution >= 4 is 32.6 Å². The number of rotatable bonds is 7. The Labute approximate surface area is 187 Å². The molecule has 0 spiro atoms. The van der Waals surface area contributed by atoms with Gasteiger partial charge in [-0.25, -0.2) is 4.98 Å². The van der Waals surface area contributed by atoms with Gasteiger partial charge < -0.3 is 4.74 Å². The van der Waals surface area contributed by atoms with E-state index in [1.54, 1.807) is 18.4 Å². The summed E-state index contributed by atoms with van der Waals surface area (Å²) in [5, 5.41) is 0.745. The monoisotopic (exact) mass is 430 g/mol. The number of hydrogen-bond acceptors (Lipinski definition) is 4. The Morgan fingerprint density at radius 2 is 1.84 bits per heavy atom. The molecule has 0 radical (unpaired) electrons. The van der Waals surface area contributed by atoms with Crippen LogP contribution in [0.5, 0.6) is 5.75 Å². The van der Waals surface area contributed by atoms with E-state index in [2.05, 4.69) is 25.1 Å². The van der Waals surface area contributed by atoms with Crippen LogP contribution in [0.15, 0.2) is 66.7 Å². The predicted octanol–water partition coefficient (Wildman–Crippen LogP) is 5.95. The number of para-hydroxylation sites is 1. The van der Waals surface area contributed by atoms with Crippen molar-refractivity contribution in [1.29, 1.82) is 0 Å². The maximum Gasteiger partial charge on any atom is 0.233 e. The largest absolute Gasteiger partial charge is 0.496 e. The number of fused-ring (bicyclic) bond motifs is 1. The van der Waals surface area contributed by atoms with E-state index in [-0.39, 0.29) is 5.91 Å². The summed E-state index contributed by atoms with van der Waals surface area (Å²) in [5.74, 6) is 0.862. The van der Waals surface area contributed by atoms with Gasteiger partial charge >= 0.3 is 0 Å². The molecule has 0 saturated carbocycles. The van der Waals surface area contributed by atoms with Crippen LogP contribution in [0.4, 0.5) is 5.13 Å². The van der Waals surface area contributed by atoms with Crippen molar-refractivity contribution in [3.05, 3.63) is 89.0 Å². The molecule has 31 heavy (non-hydrogen) atoms. The summed E-state index contributed by atoms with van der Waals surface area (Å²) >= 11 is 1.58. The van der Waals surface area contributed by atoms with Crippen LogP contribution < -0.4 is 9.64 Å². The van der Waals surface area contributed by atoms with Crippen LogP contribution in [-0.2, 0) is 24.2 Å². The minimum atomic E-state index is 0.0329. The number of aryl methyl sites for hydroxylation is 2. The summed E-state index contributed by atoms with van der Waals surface area (Å²) in [6.45, 7) is 4.62. The zero-order chi connectivity index (χ0) is 21.8. The van der Waals surface area contributed by atoms with Gasteiger partial charge in [0.15, 0.2) is 5.13 Å². The smallest absolute Gasteiger partial charge is 0.233 e. The molecule has 4 aromatic rings. The molecule has 1 aromatic heterocycles. The van der Waals surface area contributed by atoms with Crippen molar-refractivity contribution in [2.45, 2.75) is 33.2 Å². The third-order valence-corrected chi connectivity index (χ3v) is 6.45. The van der Waals surface area contributed by atoms with E-state index < -0.39 is 0 Å². The first-order valence-electron chi connectivity index (χ1n) is 10.4. The van der Waals surface area contributed by atoms with Crippen molar-refractivity contribution < 1.29 is 9.53 Å². The average Bonchev–Trinajstić information content (AvgIpc) is 3.22. The summed E-state index contributed by atoms with van der Waals surface area (Å²) in [7, 11) is 1.66. The molecule has 0 aliphatic rings. The van der Waals surface area contributed by atoms with Crippen LogP contribution in [0.2, 0.25) is 0 Å². The normalized spacial score (nSPS) is 10.9. The molecular weight excluding hydrogens is 404 g/mol. The van der Waals surface area contributed by atoms with Crippen LogP contribution in [-0.4, -0.2) is 18.0 Å². The van der Waals surface area contributed by atoms with Crippen molar-refractivity contribution in [3.8, 4) is 5.75 Å². The third kappa shape index (κ3) is 4.62. The van der Waals surface area contributed by atoms with E-state index in [1.807, 2.05) is 60.4 Å². The molecule has 0 saturated heterocycles. The fourth-order valence-electron chi connectivity index (χ4n) is 3.74. The first-order valence-corrected chi connectivity index (χ1v) is 11.3. The molecule has 0 atom stereocenters. The number of hydrogen-bond donors (Lipinski definition) is 0. The molecule has 5 heteroatoms. The first kappa shape index (κ1) is 21.1. The number of anilines is 1. The summed E-state index contributed by atoms with van der Waals surface area (Å²) in [4.78, 5) is 20.2. The quantitative estimate of drug-likeness (QED) is 0.364. The molecule has 4 nitrogen and oxygen atoms in total. The van der Waals surface area contributed by atoms with E-state index in [9.17, 15) is 4.79 Å². The Morgan fingerprint density at radius 1 is 1.03 bits per heavy atom. The van der Waals surface area contributed by atoms with Gasteiger partial charge in [-0.05, 0) is 47.7 Å². The Morgan fingerprint density at radius 3 is 2.55 bits per heavy atom. The number of carbonyl (C=O) groups excluding carboxylic acids is 1. The molecule has 0 N–H and O–H groups in total. The van der Waals surface area contributed by atoms with Gasteiger partial charge in [-0.3, -0.25) is 9.69 Å². The van der Waals surface area contributed by atoms with Crippen LogP contribution >= 0.6 is 11.3 Å². The van der Waals surface area contributed by atoms with Gasteiger partial charge in [0.1, 0.15) is 5.75 Å². The van der Waals surface area contributed by atoms with E-state index in [0.29, 0.717) is 13.0 Å². The molecule has 0 aliphatic heterocycles. The van der Waals surface area contributed by atoms with Gasteiger partial charge in [0.2, 0.25) is 5.91 Å². The molecular formula is C26H26N2O2S. The highest BCUT2D eigenvalue weighted by Gasteiger charge is 2.21. The minimum Gasteiger partial charge on any atom is -0.496 e. The lowest BCUT2D eigenvalue weighted by atomic mass is 10.1. The maximum atomic E-state index is 13.5. The topological polar surface area (TPSA) is 42.4 Å². The highest BCUT2D eigenvalue weighted by Crippen LogP contribution is 2.32. The molecule has 1 amide bonds. The zero-order valence-electron chi connectivity index (χ0n) is 18.1. The molecule has 0 fully saturated rings. The van der Waals surface area contributed by atoms with Crippen LogP contribution in [0.25, 0.3) is 10.2 Å². The lowest BCUT2D eigenvalue weighted by Crippen LogP contribution is -2.31. The maximum absolute atomic E-state index is 13.5. The van der Waals surface area contributed by atoms with E-state index in [0.717, 1.165) is 44.2 Å². The average molecular weight is 431 g/mol. The SMILES string of the molecule is CCc1cccc2sc(N(Cc3ccccc3)C(=O)Cc3ccc(OC)c(C)c3)nc12. The Bertz CT molecular complexity index is 1200. The number of nitrogens with zero attached hydrogens (tertiary/aromatic N) is 2. The summed E-state index contributed by atoms with van der Waals surface area (Å²) in [6.07, 6.45) is 1.23. The highest BCUT2D eigenvalue weighted by molar-refractivity contribution is 7.22. The Hall–Kier alpha value is -3.18. The zero-order valence-corrected chi connectivity index (χ0v) is 18.9. The van der Waals surface area contributed by atoms with E-state index in [1.165, 1.54) is 5.56 Å². The molecule has 158 valence electrons. The molecule has 3 aromatic carbocycles. The number of amides is 1. The molecule has 0 aliphatic carbocycles. The first-order chi connectivity index (χ1) is 15.1. The van der Waals surface area contributed by atoms with Crippen LogP contribution in [0.1, 0.15) is 29.2 Å². The standard InChI is InChI=1S/C26H26N2O2S/c1-4-21-11-8-12-23-25(21)27-26(31-23)28(17-19-9-6-5-7-10-19)24(29)16-20-13-14-22(30-3)18(2)15-20/h5-15H,4,16-17H2,1-3H3. The van der Waals surface area contributed by atoms with Crippen LogP contribution in [0, 0.1) is 6.92 Å².